The first-order chi connectivity index (χ1) is 16.5. The number of aromatic carboxylic acids is 1. The zero-order chi connectivity index (χ0) is 25.2. The summed E-state index contributed by atoms with van der Waals surface area (Å²) in [5, 5.41) is 12.6. The topological polar surface area (TPSA) is 107 Å². The molecule has 3 aromatic rings. The van der Waals surface area contributed by atoms with E-state index in [9.17, 15) is 14.7 Å². The molecule has 0 aliphatic carbocycles. The van der Waals surface area contributed by atoms with Gasteiger partial charge in [-0.2, -0.15) is 0 Å². The van der Waals surface area contributed by atoms with E-state index in [2.05, 4.69) is 5.32 Å². The number of carbonyl (C=O) groups is 2. The quantitative estimate of drug-likeness (QED) is 0.458. The van der Waals surface area contributed by atoms with Gasteiger partial charge in [0.15, 0.2) is 0 Å². The maximum Gasteiger partial charge on any atom is 0.492 e. The molecule has 0 bridgehead atoms. The summed E-state index contributed by atoms with van der Waals surface area (Å²) in [6.45, 7) is 8.11. The predicted octanol–water partition coefficient (Wildman–Crippen LogP) is 5.07. The van der Waals surface area contributed by atoms with Gasteiger partial charge in [0.05, 0.1) is 11.2 Å². The Bertz CT molecular complexity index is 1250. The van der Waals surface area contributed by atoms with E-state index in [0.717, 1.165) is 11.1 Å². The number of hydrogen-bond acceptors (Lipinski definition) is 6. The fraction of sp³-hybridized carbons (Fsp3) is 0.308. The van der Waals surface area contributed by atoms with E-state index < -0.39 is 30.4 Å². The monoisotopic (exact) mass is 477 g/mol. The van der Waals surface area contributed by atoms with Crippen LogP contribution in [0.4, 0.5) is 4.79 Å². The number of rotatable bonds is 7. The van der Waals surface area contributed by atoms with E-state index in [0.29, 0.717) is 16.4 Å². The smallest absolute Gasteiger partial charge is 0.475 e. The zero-order valence-electron chi connectivity index (χ0n) is 20.2. The van der Waals surface area contributed by atoms with Gasteiger partial charge in [0.2, 0.25) is 5.76 Å². The molecule has 0 radical (unpaired) electrons. The van der Waals surface area contributed by atoms with Crippen molar-refractivity contribution in [3.63, 3.8) is 0 Å². The Morgan fingerprint density at radius 1 is 1.03 bits per heavy atom. The molecule has 8 nitrogen and oxygen atoms in total. The Hall–Kier alpha value is -3.56. The number of carboxylic acid groups (broad SMARTS) is 1. The van der Waals surface area contributed by atoms with Crippen molar-refractivity contribution >= 4 is 36.2 Å². The van der Waals surface area contributed by atoms with E-state index in [1.165, 1.54) is 6.07 Å². The van der Waals surface area contributed by atoms with Gasteiger partial charge in [0, 0.05) is 11.9 Å². The molecule has 0 atom stereocenters. The summed E-state index contributed by atoms with van der Waals surface area (Å²) in [6.07, 6.45) is 1.29. The molecule has 0 unspecified atom stereocenters. The lowest BCUT2D eigenvalue weighted by Crippen LogP contribution is -2.41. The Morgan fingerprint density at radius 2 is 1.71 bits per heavy atom. The molecule has 2 heterocycles. The van der Waals surface area contributed by atoms with E-state index in [1.54, 1.807) is 12.1 Å². The molecule has 9 heteroatoms. The molecule has 1 fully saturated rings. The van der Waals surface area contributed by atoms with Crippen molar-refractivity contribution in [2.24, 2.45) is 0 Å². The lowest BCUT2D eigenvalue weighted by molar-refractivity contribution is 0.00578. The van der Waals surface area contributed by atoms with Crippen LogP contribution in [0.25, 0.3) is 17.0 Å². The molecule has 35 heavy (non-hydrogen) atoms. The second-order valence-electron chi connectivity index (χ2n) is 9.44. The van der Waals surface area contributed by atoms with Gasteiger partial charge in [-0.15, -0.1) is 0 Å². The van der Waals surface area contributed by atoms with Crippen LogP contribution >= 0.6 is 0 Å². The summed E-state index contributed by atoms with van der Waals surface area (Å²) in [7, 11) is -0.691. The summed E-state index contributed by atoms with van der Waals surface area (Å²) in [5.74, 6) is -1.26. The first kappa shape index (κ1) is 24.6. The average Bonchev–Trinajstić information content (AvgIpc) is 3.33. The molecule has 182 valence electrons. The lowest BCUT2D eigenvalue weighted by Gasteiger charge is -2.32. The standard InChI is InChI=1S/C26H28BNO7/c1-25(2)26(3,4)35-27(34-25)20(15-28-24(31)32-16-17-8-6-5-7-9-17)13-18-10-11-21-19(12-18)14-22(33-21)23(29)30/h5-14H,15-16H2,1-4H3,(H,28,31)(H,29,30). The summed E-state index contributed by atoms with van der Waals surface area (Å²) in [5.41, 5.74) is 1.70. The molecular formula is C26H28BNO7. The van der Waals surface area contributed by atoms with Crippen LogP contribution in [-0.4, -0.2) is 42.0 Å². The molecule has 4 rings (SSSR count). The van der Waals surface area contributed by atoms with Crippen LogP contribution in [0.2, 0.25) is 0 Å². The predicted molar refractivity (Wildman–Crippen MR) is 132 cm³/mol. The summed E-state index contributed by atoms with van der Waals surface area (Å²) in [4.78, 5) is 23.6. The van der Waals surface area contributed by atoms with E-state index >= 15 is 0 Å². The van der Waals surface area contributed by atoms with Crippen molar-refractivity contribution in [1.29, 1.82) is 0 Å². The van der Waals surface area contributed by atoms with Gasteiger partial charge < -0.3 is 28.9 Å². The highest BCUT2D eigenvalue weighted by atomic mass is 16.7. The Balaban J connectivity index is 1.54. The molecule has 2 aromatic carbocycles. The first-order valence-corrected chi connectivity index (χ1v) is 11.3. The van der Waals surface area contributed by atoms with Crippen molar-refractivity contribution in [3.8, 4) is 0 Å². The average molecular weight is 477 g/mol. The normalized spacial score (nSPS) is 16.9. The number of benzene rings is 2. The molecule has 1 aliphatic heterocycles. The van der Waals surface area contributed by atoms with Crippen molar-refractivity contribution in [2.75, 3.05) is 6.54 Å². The summed E-state index contributed by atoms with van der Waals surface area (Å²) >= 11 is 0. The first-order valence-electron chi connectivity index (χ1n) is 11.3. The van der Waals surface area contributed by atoms with E-state index in [-0.39, 0.29) is 18.9 Å². The minimum atomic E-state index is -1.13. The van der Waals surface area contributed by atoms with Crippen LogP contribution < -0.4 is 5.32 Å². The molecule has 1 aromatic heterocycles. The number of amides is 1. The third kappa shape index (κ3) is 5.58. The molecule has 2 N–H and O–H groups in total. The number of fused-ring (bicyclic) bond motifs is 1. The van der Waals surface area contributed by atoms with Gasteiger partial charge in [0.1, 0.15) is 12.2 Å². The highest BCUT2D eigenvalue weighted by molar-refractivity contribution is 6.56. The van der Waals surface area contributed by atoms with Crippen LogP contribution in [0.3, 0.4) is 0 Å². The highest BCUT2D eigenvalue weighted by Gasteiger charge is 2.52. The largest absolute Gasteiger partial charge is 0.492 e. The van der Waals surface area contributed by atoms with Gasteiger partial charge in [0.25, 0.3) is 0 Å². The molecule has 1 aliphatic rings. The van der Waals surface area contributed by atoms with Crippen LogP contribution in [0.1, 0.15) is 49.4 Å². The van der Waals surface area contributed by atoms with Crippen molar-refractivity contribution < 1.29 is 33.2 Å². The molecule has 1 amide bonds. The Labute approximate surface area is 204 Å². The number of carboxylic acids is 1. The molecule has 0 saturated carbocycles. The second kappa shape index (κ2) is 9.60. The minimum absolute atomic E-state index is 0.129. The van der Waals surface area contributed by atoms with Gasteiger partial charge >= 0.3 is 19.2 Å². The SMILES string of the molecule is CC1(C)OB(C(=Cc2ccc3oc(C(=O)O)cc3c2)CNC(=O)OCc2ccccc2)OC1(C)C. The maximum atomic E-state index is 12.4. The van der Waals surface area contributed by atoms with Crippen LogP contribution in [0.5, 0.6) is 0 Å². The highest BCUT2D eigenvalue weighted by Crippen LogP contribution is 2.39. The number of ether oxygens (including phenoxy) is 1. The fourth-order valence-electron chi connectivity index (χ4n) is 3.62. The van der Waals surface area contributed by atoms with Crippen molar-refractivity contribution in [3.05, 3.63) is 77.0 Å². The number of carbonyl (C=O) groups excluding carboxylic acids is 1. The Kier molecular flexibility index (Phi) is 6.74. The summed E-state index contributed by atoms with van der Waals surface area (Å²) in [6, 6.07) is 16.2. The van der Waals surface area contributed by atoms with Crippen LogP contribution in [-0.2, 0) is 20.7 Å². The lowest BCUT2D eigenvalue weighted by atomic mass is 9.77. The third-order valence-electron chi connectivity index (χ3n) is 6.31. The minimum Gasteiger partial charge on any atom is -0.475 e. The second-order valence-corrected chi connectivity index (χ2v) is 9.44. The maximum absolute atomic E-state index is 12.4. The number of hydrogen-bond donors (Lipinski definition) is 2. The van der Waals surface area contributed by atoms with Crippen LogP contribution in [0, 0.1) is 0 Å². The van der Waals surface area contributed by atoms with Gasteiger partial charge in [-0.05, 0) is 62.5 Å². The third-order valence-corrected chi connectivity index (χ3v) is 6.31. The zero-order valence-corrected chi connectivity index (χ0v) is 20.2. The number of furan rings is 1. The van der Waals surface area contributed by atoms with Gasteiger partial charge in [-0.1, -0.05) is 42.5 Å². The van der Waals surface area contributed by atoms with Crippen molar-refractivity contribution in [2.45, 2.75) is 45.5 Å². The van der Waals surface area contributed by atoms with Crippen molar-refractivity contribution in [1.82, 2.24) is 5.32 Å². The van der Waals surface area contributed by atoms with Gasteiger partial charge in [-0.25, -0.2) is 9.59 Å². The van der Waals surface area contributed by atoms with E-state index in [1.807, 2.05) is 70.2 Å². The fourth-order valence-corrected chi connectivity index (χ4v) is 3.62. The number of alkyl carbamates (subject to hydrolysis) is 1. The summed E-state index contributed by atoms with van der Waals surface area (Å²) < 4.78 is 23.1. The molecule has 1 saturated heterocycles. The molecular weight excluding hydrogens is 449 g/mol. The molecule has 0 spiro atoms. The van der Waals surface area contributed by atoms with Gasteiger partial charge in [-0.3, -0.25) is 0 Å². The number of nitrogens with one attached hydrogen (secondary N) is 1. The van der Waals surface area contributed by atoms with E-state index in [4.69, 9.17) is 18.5 Å². The van der Waals surface area contributed by atoms with Crippen LogP contribution in [0.15, 0.2) is 64.5 Å². The Morgan fingerprint density at radius 3 is 2.37 bits per heavy atom.